The second kappa shape index (κ2) is 19.2. The SMILES string of the molecule is O=C([O-])C([CH2][Ge]([c]1ccccc1)([c]1ccccc1)[c]1ccccc1)c1ccccc1Cl.[O-]CCN(CC[O-])CC[O-].[Sn+4]. The summed E-state index contributed by atoms with van der Waals surface area (Å²) in [5.74, 6) is -1.90. The van der Waals surface area contributed by atoms with Gasteiger partial charge in [-0.15, -0.1) is 19.8 Å². The number of aliphatic carboxylic acids is 1. The van der Waals surface area contributed by atoms with Gasteiger partial charge in [-0.1, -0.05) is 0 Å². The van der Waals surface area contributed by atoms with Crippen molar-refractivity contribution < 1.29 is 25.2 Å². The number of hydrogen-bond acceptors (Lipinski definition) is 6. The van der Waals surface area contributed by atoms with E-state index in [4.69, 9.17) is 11.6 Å². The Bertz CT molecular complexity index is 1210. The molecule has 0 N–H and O–H groups in total. The molecule has 0 aromatic heterocycles. The molecule has 42 heavy (non-hydrogen) atoms. The van der Waals surface area contributed by atoms with Gasteiger partial charge in [-0.3, -0.25) is 0 Å². The molecule has 4 rings (SSSR count). The topological polar surface area (TPSA) is 113 Å². The van der Waals surface area contributed by atoms with Crippen molar-refractivity contribution >= 4 is 67.9 Å². The average molecular weight is 751 g/mol. The Labute approximate surface area is 272 Å². The van der Waals surface area contributed by atoms with E-state index in [2.05, 4.69) is 36.4 Å². The zero-order valence-corrected chi connectivity index (χ0v) is 29.1. The van der Waals surface area contributed by atoms with Gasteiger partial charge in [-0.05, 0) is 19.6 Å². The van der Waals surface area contributed by atoms with Crippen molar-refractivity contribution in [1.82, 2.24) is 4.90 Å². The van der Waals surface area contributed by atoms with E-state index in [9.17, 15) is 25.2 Å². The van der Waals surface area contributed by atoms with Crippen LogP contribution in [0.25, 0.3) is 0 Å². The van der Waals surface area contributed by atoms with Gasteiger partial charge in [-0.2, -0.15) is 0 Å². The van der Waals surface area contributed by atoms with Gasteiger partial charge in [0.2, 0.25) is 0 Å². The average Bonchev–Trinajstić information content (AvgIpc) is 3.00. The first-order chi connectivity index (χ1) is 20.0. The predicted molar refractivity (Wildman–Crippen MR) is 165 cm³/mol. The largest absolute Gasteiger partial charge is 4.00 e. The number of carboxylic acids is 1. The van der Waals surface area contributed by atoms with Crippen LogP contribution >= 0.6 is 11.6 Å². The third kappa shape index (κ3) is 9.67. The Morgan fingerprint density at radius 3 is 1.33 bits per heavy atom. The number of carboxylic acid groups (broad SMARTS) is 1. The number of halogens is 1. The fourth-order valence-electron chi connectivity index (χ4n) is 5.13. The van der Waals surface area contributed by atoms with Crippen LogP contribution < -0.4 is 33.6 Å². The van der Waals surface area contributed by atoms with Crippen molar-refractivity contribution in [1.29, 1.82) is 0 Å². The summed E-state index contributed by atoms with van der Waals surface area (Å²) in [5, 5.41) is 43.5. The molecule has 0 heterocycles. The van der Waals surface area contributed by atoms with Gasteiger partial charge in [-0.25, -0.2) is 0 Å². The molecule has 1 atom stereocenters. The molecule has 0 aliphatic heterocycles. The van der Waals surface area contributed by atoms with E-state index >= 15 is 0 Å². The van der Waals surface area contributed by atoms with Crippen LogP contribution in [0.5, 0.6) is 0 Å². The Morgan fingerprint density at radius 2 is 1.00 bits per heavy atom. The second-order valence-electron chi connectivity index (χ2n) is 9.55. The molecule has 0 amide bonds. The molecule has 0 fully saturated rings. The number of carbonyl (C=O) groups is 1. The van der Waals surface area contributed by atoms with Crippen LogP contribution in [0.3, 0.4) is 0 Å². The Morgan fingerprint density at radius 1 is 0.643 bits per heavy atom. The summed E-state index contributed by atoms with van der Waals surface area (Å²) in [5.41, 5.74) is 0.613. The molecule has 0 spiro atoms. The fraction of sp³-hybridized carbons (Fsp3) is 0.242. The summed E-state index contributed by atoms with van der Waals surface area (Å²) in [6.45, 7) is 0.263. The number of benzene rings is 4. The maximum absolute atomic E-state index is 12.5. The molecule has 0 saturated heterocycles. The van der Waals surface area contributed by atoms with Crippen LogP contribution in [0.4, 0.5) is 0 Å². The van der Waals surface area contributed by atoms with Crippen molar-refractivity contribution in [3.63, 3.8) is 0 Å². The van der Waals surface area contributed by atoms with Gasteiger partial charge < -0.3 is 20.2 Å². The van der Waals surface area contributed by atoms with Crippen LogP contribution in [0.1, 0.15) is 11.5 Å². The molecule has 0 saturated carbocycles. The van der Waals surface area contributed by atoms with Gasteiger partial charge in [0.1, 0.15) is 0 Å². The second-order valence-corrected chi connectivity index (χ2v) is 18.3. The zero-order chi connectivity index (χ0) is 29.5. The van der Waals surface area contributed by atoms with Crippen molar-refractivity contribution in [3.8, 4) is 0 Å². The zero-order valence-electron chi connectivity index (χ0n) is 23.4. The minimum Gasteiger partial charge on any atom is -0.854 e. The molecule has 4 aromatic rings. The van der Waals surface area contributed by atoms with E-state index in [-0.39, 0.29) is 43.7 Å². The Balaban J connectivity index is 0.000000483. The molecule has 216 valence electrons. The van der Waals surface area contributed by atoms with E-state index in [1.54, 1.807) is 17.0 Å². The van der Waals surface area contributed by atoms with Crippen LogP contribution in [-0.2, 0) is 4.79 Å². The summed E-state index contributed by atoms with van der Waals surface area (Å²) in [7, 11) is 0. The Hall–Kier alpha value is -2.18. The van der Waals surface area contributed by atoms with Crippen molar-refractivity contribution in [2.24, 2.45) is 0 Å². The van der Waals surface area contributed by atoms with Crippen LogP contribution in [0, 0.1) is 0 Å². The van der Waals surface area contributed by atoms with E-state index in [0.717, 1.165) is 0 Å². The summed E-state index contributed by atoms with van der Waals surface area (Å²) in [6.07, 6.45) is 0. The first kappa shape index (κ1) is 36.0. The molecule has 0 radical (unpaired) electrons. The number of carbonyl (C=O) groups excluding carboxylic acids is 1. The molecular formula is C33H34ClGeNO5Sn. The molecule has 0 aliphatic carbocycles. The predicted octanol–water partition coefficient (Wildman–Crippen LogP) is -0.668. The van der Waals surface area contributed by atoms with Gasteiger partial charge in [0.15, 0.2) is 0 Å². The minimum absolute atomic E-state index is 0. The quantitative estimate of drug-likeness (QED) is 0.168. The fourth-order valence-corrected chi connectivity index (χ4v) is 15.9. The van der Waals surface area contributed by atoms with Crippen molar-refractivity contribution in [2.45, 2.75) is 11.2 Å². The third-order valence-corrected chi connectivity index (χ3v) is 17.9. The minimum atomic E-state index is -3.45. The van der Waals surface area contributed by atoms with Crippen LogP contribution in [-0.4, -0.2) is 87.5 Å². The number of nitrogens with zero attached hydrogens (tertiary/aromatic N) is 1. The van der Waals surface area contributed by atoms with Crippen LogP contribution in [0.15, 0.2) is 115 Å². The number of hydrogen-bond donors (Lipinski definition) is 0. The summed E-state index contributed by atoms with van der Waals surface area (Å²) < 4.78 is 3.62. The molecule has 1 unspecified atom stereocenters. The molecule has 6 nitrogen and oxygen atoms in total. The van der Waals surface area contributed by atoms with E-state index < -0.39 is 25.2 Å². The molecule has 4 aromatic carbocycles. The monoisotopic (exact) mass is 753 g/mol. The summed E-state index contributed by atoms with van der Waals surface area (Å²) >= 11 is 3.01. The van der Waals surface area contributed by atoms with Crippen molar-refractivity contribution in [3.05, 3.63) is 126 Å². The van der Waals surface area contributed by atoms with E-state index in [0.29, 0.717) is 35.5 Å². The summed E-state index contributed by atoms with van der Waals surface area (Å²) in [6, 6.07) is 38.2. The van der Waals surface area contributed by atoms with Crippen LogP contribution in [0.2, 0.25) is 10.3 Å². The Kier molecular flexibility index (Phi) is 16.4. The van der Waals surface area contributed by atoms with E-state index in [1.807, 2.05) is 66.7 Å². The molecular weight excluding hydrogens is 717 g/mol. The standard InChI is InChI=1S/C27H23ClGeO2.C6H12NO3.Sn/c28-26-19-11-10-18-24(26)25(27(30)31)20-29(21-12-4-1-5-13-21,22-14-6-2-7-15-22)23-16-8-3-9-17-23;8-4-1-7(2-5-9)3-6-10;/h1-19,25H,20H2,(H,30,31);1-6H2;/q;-3;+4/p-1. The van der Waals surface area contributed by atoms with Gasteiger partial charge in [0.05, 0.1) is 0 Å². The first-order valence-electron chi connectivity index (χ1n) is 13.6. The third-order valence-electron chi connectivity index (χ3n) is 7.10. The van der Waals surface area contributed by atoms with E-state index in [1.165, 1.54) is 13.2 Å². The normalized spacial score (nSPS) is 11.6. The molecule has 0 bridgehead atoms. The van der Waals surface area contributed by atoms with Gasteiger partial charge >= 0.3 is 215 Å². The smallest absolute Gasteiger partial charge is 0.854 e. The summed E-state index contributed by atoms with van der Waals surface area (Å²) in [4.78, 5) is 14.1. The maximum Gasteiger partial charge on any atom is 4.00 e. The molecule has 0 aliphatic rings. The number of rotatable bonds is 13. The molecule has 9 heteroatoms. The maximum atomic E-state index is 12.5. The van der Waals surface area contributed by atoms with Crippen molar-refractivity contribution in [2.75, 3.05) is 39.5 Å². The first-order valence-corrected chi connectivity index (χ1v) is 18.6. The van der Waals surface area contributed by atoms with Gasteiger partial charge in [0, 0.05) is 0 Å². The van der Waals surface area contributed by atoms with Gasteiger partial charge in [0.25, 0.3) is 0 Å².